The maximum atomic E-state index is 13.2. The van der Waals surface area contributed by atoms with Gasteiger partial charge in [0.05, 0.1) is 20.3 Å². The molecule has 25 heavy (non-hydrogen) atoms. The van der Waals surface area contributed by atoms with Crippen LogP contribution < -0.4 is 15.4 Å². The van der Waals surface area contributed by atoms with E-state index in [-0.39, 0.29) is 19.1 Å². The summed E-state index contributed by atoms with van der Waals surface area (Å²) in [4.78, 5) is 28.0. The van der Waals surface area contributed by atoms with Crippen LogP contribution in [0, 0.1) is 0 Å². The van der Waals surface area contributed by atoms with E-state index in [1.54, 1.807) is 57.2 Å². The number of carbonyl (C=O) groups is 2. The molecule has 136 valence electrons. The van der Waals surface area contributed by atoms with Crippen LogP contribution in [0.2, 0.25) is 0 Å². The molecule has 1 saturated heterocycles. The molecule has 0 radical (unpaired) electrons. The van der Waals surface area contributed by atoms with E-state index in [1.165, 1.54) is 5.01 Å². The third kappa shape index (κ3) is 1.95. The van der Waals surface area contributed by atoms with Crippen LogP contribution >= 0.6 is 0 Å². The molecule has 2 aliphatic heterocycles. The minimum atomic E-state index is -1.56. The van der Waals surface area contributed by atoms with E-state index >= 15 is 0 Å². The summed E-state index contributed by atoms with van der Waals surface area (Å²) in [6.45, 7) is 2.05. The number of ether oxygens (including phenoxy) is 2. The Morgan fingerprint density at radius 2 is 2.08 bits per heavy atom. The third-order valence-corrected chi connectivity index (χ3v) is 5.26. The van der Waals surface area contributed by atoms with Gasteiger partial charge < -0.3 is 14.4 Å². The van der Waals surface area contributed by atoms with Gasteiger partial charge in [0.2, 0.25) is 0 Å². The highest BCUT2D eigenvalue weighted by molar-refractivity contribution is 6.07. The molecule has 0 unspecified atom stereocenters. The molecule has 0 aromatic heterocycles. The van der Waals surface area contributed by atoms with Gasteiger partial charge >= 0.3 is 5.97 Å². The van der Waals surface area contributed by atoms with Gasteiger partial charge in [-0.25, -0.2) is 5.01 Å². The number of nitrogens with zero attached hydrogens (tertiary/aromatic N) is 3. The van der Waals surface area contributed by atoms with E-state index < -0.39 is 17.0 Å². The van der Waals surface area contributed by atoms with E-state index in [4.69, 9.17) is 15.2 Å². The lowest BCUT2D eigenvalue weighted by atomic mass is 9.74. The van der Waals surface area contributed by atoms with Gasteiger partial charge in [0.25, 0.3) is 5.91 Å². The Balaban J connectivity index is 2.30. The lowest BCUT2D eigenvalue weighted by Gasteiger charge is -2.36. The summed E-state index contributed by atoms with van der Waals surface area (Å²) in [6, 6.07) is 5.37. The molecule has 1 fully saturated rings. The SMILES string of the molecule is CCOC(=O)[C@]12CN(N(C)C)C(=O)[C@]1(N)N(C)c1ccc(OC)cc12. The van der Waals surface area contributed by atoms with Crippen LogP contribution in [-0.2, 0) is 19.7 Å². The number of likely N-dealkylation sites (N-methyl/N-ethyl adjacent to an activating group) is 1. The minimum absolute atomic E-state index is 0.110. The fraction of sp³-hybridized carbons (Fsp3) is 0.529. The predicted molar refractivity (Wildman–Crippen MR) is 92.0 cm³/mol. The lowest BCUT2D eigenvalue weighted by Crippen LogP contribution is -2.68. The maximum absolute atomic E-state index is 13.2. The number of rotatable bonds is 4. The molecule has 8 heteroatoms. The van der Waals surface area contributed by atoms with Crippen molar-refractivity contribution < 1.29 is 19.1 Å². The van der Waals surface area contributed by atoms with E-state index in [9.17, 15) is 9.59 Å². The Hall–Kier alpha value is -2.32. The Labute approximate surface area is 147 Å². The number of hydrazine groups is 1. The number of amides is 1. The second-order valence-corrected chi connectivity index (χ2v) is 6.54. The summed E-state index contributed by atoms with van der Waals surface area (Å²) < 4.78 is 10.7. The highest BCUT2D eigenvalue weighted by atomic mass is 16.5. The molecule has 0 bridgehead atoms. The van der Waals surface area contributed by atoms with Crippen LogP contribution in [0.25, 0.3) is 0 Å². The molecule has 1 aromatic rings. The summed E-state index contributed by atoms with van der Waals surface area (Å²) in [5.74, 6) is -0.256. The van der Waals surface area contributed by atoms with Crippen molar-refractivity contribution in [1.82, 2.24) is 10.0 Å². The smallest absolute Gasteiger partial charge is 0.322 e. The van der Waals surface area contributed by atoms with Crippen LogP contribution in [-0.4, -0.2) is 69.0 Å². The quantitative estimate of drug-likeness (QED) is 0.762. The Bertz CT molecular complexity index is 737. The molecule has 2 atom stereocenters. The van der Waals surface area contributed by atoms with Crippen molar-refractivity contribution in [2.75, 3.05) is 46.3 Å². The largest absolute Gasteiger partial charge is 0.497 e. The van der Waals surface area contributed by atoms with E-state index in [2.05, 4.69) is 0 Å². The molecular formula is C17H24N4O4. The number of benzene rings is 1. The zero-order chi connectivity index (χ0) is 18.6. The van der Waals surface area contributed by atoms with Crippen molar-refractivity contribution in [3.63, 3.8) is 0 Å². The van der Waals surface area contributed by atoms with Gasteiger partial charge in [0.1, 0.15) is 5.75 Å². The first-order valence-electron chi connectivity index (χ1n) is 8.13. The number of anilines is 1. The third-order valence-electron chi connectivity index (χ3n) is 5.26. The van der Waals surface area contributed by atoms with Gasteiger partial charge in [-0.15, -0.1) is 0 Å². The summed E-state index contributed by atoms with van der Waals surface area (Å²) in [6.07, 6.45) is 0. The Kier molecular flexibility index (Phi) is 3.92. The van der Waals surface area contributed by atoms with Crippen molar-refractivity contribution in [1.29, 1.82) is 0 Å². The molecular weight excluding hydrogens is 324 g/mol. The van der Waals surface area contributed by atoms with Crippen LogP contribution in [0.4, 0.5) is 5.69 Å². The summed E-state index contributed by atoms with van der Waals surface area (Å²) in [5, 5.41) is 3.12. The van der Waals surface area contributed by atoms with Crippen molar-refractivity contribution in [3.05, 3.63) is 23.8 Å². The molecule has 0 saturated carbocycles. The number of methoxy groups -OCH3 is 1. The van der Waals surface area contributed by atoms with E-state index in [0.29, 0.717) is 11.3 Å². The summed E-state index contributed by atoms with van der Waals surface area (Å²) in [7, 11) is 6.77. The van der Waals surface area contributed by atoms with Gasteiger partial charge in [-0.2, -0.15) is 0 Å². The van der Waals surface area contributed by atoms with Crippen molar-refractivity contribution >= 4 is 17.6 Å². The standard InChI is InChI=1S/C17H24N4O4/c1-6-25-15(23)16-10-21(19(2)3)14(22)17(16,18)20(4)13-8-7-11(24-5)9-12(13)16/h7-9H,6,10,18H2,1-5H3/t16-,17+/m1/s1. The second-order valence-electron chi connectivity index (χ2n) is 6.54. The number of hydrogen-bond acceptors (Lipinski definition) is 7. The summed E-state index contributed by atoms with van der Waals surface area (Å²) >= 11 is 0. The molecule has 0 spiro atoms. The normalized spacial score (nSPS) is 27.6. The average molecular weight is 348 g/mol. The highest BCUT2D eigenvalue weighted by Crippen LogP contribution is 2.55. The number of fused-ring (bicyclic) bond motifs is 3. The number of nitrogens with two attached hydrogens (primary N) is 1. The Morgan fingerprint density at radius 3 is 2.64 bits per heavy atom. The molecule has 3 rings (SSSR count). The molecule has 8 nitrogen and oxygen atoms in total. The van der Waals surface area contributed by atoms with Gasteiger partial charge in [-0.1, -0.05) is 0 Å². The molecule has 2 N–H and O–H groups in total. The molecule has 2 aliphatic rings. The monoisotopic (exact) mass is 348 g/mol. The topological polar surface area (TPSA) is 88.3 Å². The maximum Gasteiger partial charge on any atom is 0.322 e. The highest BCUT2D eigenvalue weighted by Gasteiger charge is 2.74. The molecule has 1 amide bonds. The number of esters is 1. The zero-order valence-corrected chi connectivity index (χ0v) is 15.2. The van der Waals surface area contributed by atoms with Crippen LogP contribution in [0.3, 0.4) is 0 Å². The number of hydrogen-bond donors (Lipinski definition) is 1. The first-order valence-corrected chi connectivity index (χ1v) is 8.13. The molecule has 1 aromatic carbocycles. The van der Waals surface area contributed by atoms with Crippen molar-refractivity contribution in [2.24, 2.45) is 5.73 Å². The van der Waals surface area contributed by atoms with Crippen LogP contribution in [0.1, 0.15) is 12.5 Å². The lowest BCUT2D eigenvalue weighted by molar-refractivity contribution is -0.152. The van der Waals surface area contributed by atoms with Gasteiger partial charge in [-0.05, 0) is 25.1 Å². The van der Waals surface area contributed by atoms with E-state index in [1.807, 2.05) is 6.07 Å². The average Bonchev–Trinajstić information content (AvgIpc) is 2.94. The van der Waals surface area contributed by atoms with Crippen molar-refractivity contribution in [2.45, 2.75) is 18.0 Å². The number of carbonyl (C=O) groups excluding carboxylic acids is 2. The first-order chi connectivity index (χ1) is 11.8. The Morgan fingerprint density at radius 1 is 1.40 bits per heavy atom. The zero-order valence-electron chi connectivity index (χ0n) is 15.2. The molecule has 0 aliphatic carbocycles. The fourth-order valence-corrected chi connectivity index (χ4v) is 3.89. The van der Waals surface area contributed by atoms with Crippen LogP contribution in [0.15, 0.2) is 18.2 Å². The van der Waals surface area contributed by atoms with Crippen LogP contribution in [0.5, 0.6) is 5.75 Å². The van der Waals surface area contributed by atoms with E-state index in [0.717, 1.165) is 5.69 Å². The summed E-state index contributed by atoms with van der Waals surface area (Å²) in [5.41, 5.74) is 5.14. The fourth-order valence-electron chi connectivity index (χ4n) is 3.89. The molecule has 2 heterocycles. The predicted octanol–water partition coefficient (Wildman–Crippen LogP) is -0.0803. The second kappa shape index (κ2) is 5.60. The minimum Gasteiger partial charge on any atom is -0.497 e. The van der Waals surface area contributed by atoms with Gasteiger partial charge in [-0.3, -0.25) is 20.3 Å². The van der Waals surface area contributed by atoms with Crippen molar-refractivity contribution in [3.8, 4) is 5.75 Å². The van der Waals surface area contributed by atoms with Gasteiger partial charge in [0.15, 0.2) is 11.1 Å². The first kappa shape index (κ1) is 17.5. The van der Waals surface area contributed by atoms with Gasteiger partial charge in [0, 0.05) is 32.4 Å².